The van der Waals surface area contributed by atoms with Gasteiger partial charge >= 0.3 is 0 Å². The van der Waals surface area contributed by atoms with E-state index in [-0.39, 0.29) is 11.7 Å². The van der Waals surface area contributed by atoms with Crippen molar-refractivity contribution in [1.82, 2.24) is 14.9 Å². The number of amides is 1. The lowest BCUT2D eigenvalue weighted by Gasteiger charge is -2.13. The van der Waals surface area contributed by atoms with Crippen LogP contribution in [0.4, 0.5) is 11.4 Å². The fraction of sp³-hybridized carbons (Fsp3) is 0.250. The summed E-state index contributed by atoms with van der Waals surface area (Å²) in [6.07, 6.45) is 0. The topological polar surface area (TPSA) is 98.3 Å². The first-order valence-electron chi connectivity index (χ1n) is 9.11. The highest BCUT2D eigenvalue weighted by atomic mass is 32.2. The number of rotatable bonds is 8. The number of hydrogen-bond acceptors (Lipinski definition) is 7. The van der Waals surface area contributed by atoms with Crippen molar-refractivity contribution < 1.29 is 9.53 Å². The summed E-state index contributed by atoms with van der Waals surface area (Å²) in [6.45, 7) is 2.54. The Bertz CT molecular complexity index is 954. The molecule has 0 aliphatic heterocycles. The maximum Gasteiger partial charge on any atom is 0.234 e. The zero-order chi connectivity index (χ0) is 20.8. The molecule has 2 aromatic carbocycles. The predicted octanol–water partition coefficient (Wildman–Crippen LogP) is 2.85. The zero-order valence-corrected chi connectivity index (χ0v) is 17.4. The number of nitrogens with one attached hydrogen (secondary N) is 1. The maximum atomic E-state index is 12.2. The second-order valence-electron chi connectivity index (χ2n) is 6.41. The SMILES string of the molecule is CCOc1ccc(-c2nnc(SCC(=O)Nc3ccc(N(C)C)cc3)n2N)cc1. The molecular formula is C20H24N6O2S. The van der Waals surface area contributed by atoms with Gasteiger partial charge in [-0.25, -0.2) is 4.68 Å². The average molecular weight is 413 g/mol. The second-order valence-corrected chi connectivity index (χ2v) is 7.35. The van der Waals surface area contributed by atoms with Crippen molar-refractivity contribution in [3.05, 3.63) is 48.5 Å². The van der Waals surface area contributed by atoms with Crippen LogP contribution in [0.5, 0.6) is 5.75 Å². The number of carbonyl (C=O) groups excluding carboxylic acids is 1. The monoisotopic (exact) mass is 412 g/mol. The van der Waals surface area contributed by atoms with E-state index in [0.717, 1.165) is 22.7 Å². The quantitative estimate of drug-likeness (QED) is 0.434. The molecule has 0 aliphatic carbocycles. The highest BCUT2D eigenvalue weighted by molar-refractivity contribution is 7.99. The molecule has 8 nitrogen and oxygen atoms in total. The van der Waals surface area contributed by atoms with Gasteiger partial charge in [0.2, 0.25) is 11.1 Å². The van der Waals surface area contributed by atoms with Crippen molar-refractivity contribution in [1.29, 1.82) is 0 Å². The van der Waals surface area contributed by atoms with Gasteiger partial charge in [-0.1, -0.05) is 11.8 Å². The number of nitrogen functional groups attached to an aromatic ring is 1. The van der Waals surface area contributed by atoms with E-state index in [2.05, 4.69) is 15.5 Å². The van der Waals surface area contributed by atoms with Gasteiger partial charge in [0.1, 0.15) is 5.75 Å². The van der Waals surface area contributed by atoms with Gasteiger partial charge in [0.05, 0.1) is 12.4 Å². The van der Waals surface area contributed by atoms with Crippen LogP contribution < -0.4 is 20.8 Å². The summed E-state index contributed by atoms with van der Waals surface area (Å²) in [7, 11) is 3.93. The first-order chi connectivity index (χ1) is 14.0. The van der Waals surface area contributed by atoms with Crippen LogP contribution in [0.3, 0.4) is 0 Å². The molecule has 3 rings (SSSR count). The summed E-state index contributed by atoms with van der Waals surface area (Å²) < 4.78 is 6.83. The summed E-state index contributed by atoms with van der Waals surface area (Å²) in [5, 5.41) is 11.6. The molecular weight excluding hydrogens is 388 g/mol. The minimum atomic E-state index is -0.141. The van der Waals surface area contributed by atoms with Crippen molar-refractivity contribution in [3.8, 4) is 17.1 Å². The highest BCUT2D eigenvalue weighted by Crippen LogP contribution is 2.24. The first-order valence-corrected chi connectivity index (χ1v) is 10.1. The van der Waals surface area contributed by atoms with E-state index < -0.39 is 0 Å². The number of ether oxygens (including phenoxy) is 1. The molecule has 152 valence electrons. The van der Waals surface area contributed by atoms with Crippen molar-refractivity contribution >= 4 is 29.0 Å². The fourth-order valence-electron chi connectivity index (χ4n) is 2.61. The molecule has 0 unspecified atom stereocenters. The Balaban J connectivity index is 1.59. The van der Waals surface area contributed by atoms with Gasteiger partial charge in [0, 0.05) is 31.0 Å². The molecule has 0 aliphatic rings. The summed E-state index contributed by atoms with van der Waals surface area (Å²) in [4.78, 5) is 14.2. The number of anilines is 2. The van der Waals surface area contributed by atoms with Crippen molar-refractivity contribution in [2.24, 2.45) is 0 Å². The van der Waals surface area contributed by atoms with Gasteiger partial charge < -0.3 is 20.8 Å². The summed E-state index contributed by atoms with van der Waals surface area (Å²) in [5.41, 5.74) is 2.63. The van der Waals surface area contributed by atoms with E-state index in [0.29, 0.717) is 17.6 Å². The van der Waals surface area contributed by atoms with Crippen LogP contribution in [0.2, 0.25) is 0 Å². The Kier molecular flexibility index (Phi) is 6.61. The molecule has 1 amide bonds. The third kappa shape index (κ3) is 5.20. The van der Waals surface area contributed by atoms with Crippen LogP contribution in [0.25, 0.3) is 11.4 Å². The van der Waals surface area contributed by atoms with Gasteiger partial charge in [-0.3, -0.25) is 4.79 Å². The van der Waals surface area contributed by atoms with Crippen molar-refractivity contribution in [2.45, 2.75) is 12.1 Å². The smallest absolute Gasteiger partial charge is 0.234 e. The number of carbonyl (C=O) groups is 1. The molecule has 0 bridgehead atoms. The number of nitrogens with zero attached hydrogens (tertiary/aromatic N) is 4. The number of thioether (sulfide) groups is 1. The molecule has 1 heterocycles. The average Bonchev–Trinajstić information content (AvgIpc) is 3.08. The highest BCUT2D eigenvalue weighted by Gasteiger charge is 2.14. The van der Waals surface area contributed by atoms with E-state index in [1.807, 2.05) is 74.4 Å². The van der Waals surface area contributed by atoms with Gasteiger partial charge in [-0.05, 0) is 55.5 Å². The van der Waals surface area contributed by atoms with Crippen LogP contribution in [0.15, 0.2) is 53.7 Å². The lowest BCUT2D eigenvalue weighted by Crippen LogP contribution is -2.16. The molecule has 0 fully saturated rings. The molecule has 0 radical (unpaired) electrons. The van der Waals surface area contributed by atoms with E-state index in [1.54, 1.807) is 0 Å². The Labute approximate surface area is 174 Å². The van der Waals surface area contributed by atoms with Crippen LogP contribution in [0, 0.1) is 0 Å². The standard InChI is InChI=1S/C20H24N6O2S/c1-4-28-17-11-5-14(6-12-17)19-23-24-20(26(19)21)29-13-18(27)22-15-7-9-16(10-8-15)25(2)3/h5-12H,4,13,21H2,1-3H3,(H,22,27). The second kappa shape index (κ2) is 9.33. The van der Waals surface area contributed by atoms with E-state index in [1.165, 1.54) is 16.4 Å². The molecule has 9 heteroatoms. The Morgan fingerprint density at radius 3 is 2.45 bits per heavy atom. The van der Waals surface area contributed by atoms with Gasteiger partial charge in [0.25, 0.3) is 0 Å². The summed E-state index contributed by atoms with van der Waals surface area (Å²) in [6, 6.07) is 15.1. The summed E-state index contributed by atoms with van der Waals surface area (Å²) in [5.74, 6) is 7.46. The molecule has 3 aromatic rings. The largest absolute Gasteiger partial charge is 0.494 e. The number of nitrogens with two attached hydrogens (primary N) is 1. The molecule has 3 N–H and O–H groups in total. The molecule has 0 saturated heterocycles. The number of hydrogen-bond donors (Lipinski definition) is 2. The lowest BCUT2D eigenvalue weighted by molar-refractivity contribution is -0.113. The third-order valence-electron chi connectivity index (χ3n) is 4.09. The minimum absolute atomic E-state index is 0.141. The van der Waals surface area contributed by atoms with Crippen molar-refractivity contribution in [3.63, 3.8) is 0 Å². The first kappa shape index (κ1) is 20.5. The van der Waals surface area contributed by atoms with Gasteiger partial charge in [0.15, 0.2) is 5.82 Å². The van der Waals surface area contributed by atoms with Crippen LogP contribution in [0.1, 0.15) is 6.92 Å². The minimum Gasteiger partial charge on any atom is -0.494 e. The third-order valence-corrected chi connectivity index (χ3v) is 5.03. The molecule has 1 aromatic heterocycles. The maximum absolute atomic E-state index is 12.2. The number of benzene rings is 2. The number of aromatic nitrogens is 3. The Hall–Kier alpha value is -3.20. The molecule has 0 saturated carbocycles. The Morgan fingerprint density at radius 2 is 1.83 bits per heavy atom. The lowest BCUT2D eigenvalue weighted by atomic mass is 10.2. The van der Waals surface area contributed by atoms with Gasteiger partial charge in [-0.2, -0.15) is 0 Å². The zero-order valence-electron chi connectivity index (χ0n) is 16.6. The predicted molar refractivity (Wildman–Crippen MR) is 117 cm³/mol. The van der Waals surface area contributed by atoms with Crippen LogP contribution in [-0.4, -0.2) is 47.2 Å². The van der Waals surface area contributed by atoms with Crippen molar-refractivity contribution in [2.75, 3.05) is 42.5 Å². The van der Waals surface area contributed by atoms with Crippen LogP contribution in [-0.2, 0) is 4.79 Å². The fourth-order valence-corrected chi connectivity index (χ4v) is 3.27. The molecule has 29 heavy (non-hydrogen) atoms. The van der Waals surface area contributed by atoms with E-state index >= 15 is 0 Å². The molecule has 0 spiro atoms. The van der Waals surface area contributed by atoms with Crippen LogP contribution >= 0.6 is 11.8 Å². The van der Waals surface area contributed by atoms with E-state index in [4.69, 9.17) is 10.6 Å². The summed E-state index contributed by atoms with van der Waals surface area (Å²) >= 11 is 1.23. The van der Waals surface area contributed by atoms with E-state index in [9.17, 15) is 4.79 Å². The normalized spacial score (nSPS) is 10.6. The van der Waals surface area contributed by atoms with Gasteiger partial charge in [-0.15, -0.1) is 10.2 Å². The Morgan fingerprint density at radius 1 is 1.14 bits per heavy atom. The molecule has 0 atom stereocenters.